The minimum Gasteiger partial charge on any atom is -0.455 e. The Morgan fingerprint density at radius 2 is 1.67 bits per heavy atom. The maximum Gasteiger partial charge on any atom is 0.188 e. The molecule has 0 radical (unpaired) electrons. The Kier molecular flexibility index (Phi) is 5.07. The lowest BCUT2D eigenvalue weighted by Gasteiger charge is -2.21. The minimum absolute atomic E-state index is 0.657. The highest BCUT2D eigenvalue weighted by Crippen LogP contribution is 2.32. The van der Waals surface area contributed by atoms with Gasteiger partial charge in [-0.05, 0) is 30.3 Å². The van der Waals surface area contributed by atoms with Crippen LogP contribution < -0.4 is 9.64 Å². The highest BCUT2D eigenvalue weighted by atomic mass is 32.1. The van der Waals surface area contributed by atoms with Crippen LogP contribution in [0.15, 0.2) is 78.4 Å². The smallest absolute Gasteiger partial charge is 0.188 e. The zero-order valence-corrected chi connectivity index (χ0v) is 15.6. The van der Waals surface area contributed by atoms with E-state index in [0.717, 1.165) is 27.9 Å². The number of hydrogen-bond acceptors (Lipinski definition) is 6. The Balaban J connectivity index is 1.52. The van der Waals surface area contributed by atoms with Crippen LogP contribution in [0.25, 0.3) is 10.8 Å². The van der Waals surface area contributed by atoms with Gasteiger partial charge >= 0.3 is 0 Å². The Morgan fingerprint density at radius 1 is 0.926 bits per heavy atom. The van der Waals surface area contributed by atoms with Crippen LogP contribution >= 0.6 is 11.3 Å². The van der Waals surface area contributed by atoms with Crippen LogP contribution in [0, 0.1) is 0 Å². The number of hydrogen-bond donors (Lipinski definition) is 0. The summed E-state index contributed by atoms with van der Waals surface area (Å²) < 4.78 is 6.06. The van der Waals surface area contributed by atoms with Gasteiger partial charge < -0.3 is 9.64 Å². The number of para-hydroxylation sites is 3. The third-order valence-corrected chi connectivity index (χ3v) is 4.84. The van der Waals surface area contributed by atoms with Crippen molar-refractivity contribution >= 4 is 17.0 Å². The molecule has 4 aromatic rings. The Labute approximate surface area is 162 Å². The molecule has 27 heavy (non-hydrogen) atoms. The van der Waals surface area contributed by atoms with E-state index in [1.807, 2.05) is 67.0 Å². The standard InChI is InChI=1S/C21H18N4OS/c1-25(14-16-15-27-21(24-16)20-22-12-7-13-23-20)18-10-5-6-11-19(18)26-17-8-3-2-4-9-17/h2-13,15H,14H2,1H3. The normalized spacial score (nSPS) is 10.6. The summed E-state index contributed by atoms with van der Waals surface area (Å²) in [7, 11) is 2.03. The number of nitrogens with zero attached hydrogens (tertiary/aromatic N) is 4. The van der Waals surface area contributed by atoms with Gasteiger partial charge in [-0.3, -0.25) is 0 Å². The van der Waals surface area contributed by atoms with Gasteiger partial charge in [-0.25, -0.2) is 15.0 Å². The number of anilines is 1. The second kappa shape index (κ2) is 7.97. The molecule has 2 aromatic heterocycles. The third kappa shape index (κ3) is 4.12. The fourth-order valence-electron chi connectivity index (χ4n) is 2.69. The van der Waals surface area contributed by atoms with Crippen molar-refractivity contribution in [3.8, 4) is 22.3 Å². The van der Waals surface area contributed by atoms with E-state index in [1.165, 1.54) is 0 Å². The summed E-state index contributed by atoms with van der Waals surface area (Å²) in [4.78, 5) is 15.3. The third-order valence-electron chi connectivity index (χ3n) is 3.96. The maximum atomic E-state index is 6.06. The predicted molar refractivity (Wildman–Crippen MR) is 108 cm³/mol. The van der Waals surface area contributed by atoms with Gasteiger partial charge in [0.25, 0.3) is 0 Å². The number of aromatic nitrogens is 3. The lowest BCUT2D eigenvalue weighted by molar-refractivity contribution is 0.482. The highest BCUT2D eigenvalue weighted by molar-refractivity contribution is 7.13. The SMILES string of the molecule is CN(Cc1csc(-c2ncccn2)n1)c1ccccc1Oc1ccccc1. The molecule has 4 rings (SSSR count). The molecular weight excluding hydrogens is 356 g/mol. The molecule has 2 aromatic carbocycles. The minimum atomic E-state index is 0.657. The summed E-state index contributed by atoms with van der Waals surface area (Å²) in [6.45, 7) is 0.665. The second-order valence-electron chi connectivity index (χ2n) is 5.96. The van der Waals surface area contributed by atoms with Gasteiger partial charge in [-0.15, -0.1) is 11.3 Å². The Bertz CT molecular complexity index is 1000. The van der Waals surface area contributed by atoms with E-state index in [4.69, 9.17) is 4.74 Å². The van der Waals surface area contributed by atoms with Crippen molar-refractivity contribution in [3.05, 3.63) is 84.1 Å². The van der Waals surface area contributed by atoms with Crippen molar-refractivity contribution in [1.82, 2.24) is 15.0 Å². The van der Waals surface area contributed by atoms with Crippen molar-refractivity contribution in [1.29, 1.82) is 0 Å². The monoisotopic (exact) mass is 374 g/mol. The molecule has 0 aliphatic carbocycles. The van der Waals surface area contributed by atoms with Gasteiger partial charge in [0.15, 0.2) is 16.6 Å². The summed E-state index contributed by atoms with van der Waals surface area (Å²) in [5.74, 6) is 2.28. The summed E-state index contributed by atoms with van der Waals surface area (Å²) >= 11 is 1.55. The number of benzene rings is 2. The van der Waals surface area contributed by atoms with E-state index in [9.17, 15) is 0 Å². The molecular formula is C21H18N4OS. The van der Waals surface area contributed by atoms with Crippen LogP contribution in [0.3, 0.4) is 0 Å². The fourth-order valence-corrected chi connectivity index (χ4v) is 3.45. The Hall–Kier alpha value is -3.25. The van der Waals surface area contributed by atoms with Crippen LogP contribution in [0.1, 0.15) is 5.69 Å². The molecule has 6 heteroatoms. The Morgan fingerprint density at radius 3 is 2.48 bits per heavy atom. The largest absolute Gasteiger partial charge is 0.455 e. The van der Waals surface area contributed by atoms with Crippen molar-refractivity contribution < 1.29 is 4.74 Å². The molecule has 0 N–H and O–H groups in total. The predicted octanol–water partition coefficient (Wildman–Crippen LogP) is 5.03. The van der Waals surface area contributed by atoms with Crippen LogP contribution in [-0.4, -0.2) is 22.0 Å². The van der Waals surface area contributed by atoms with Gasteiger partial charge in [0.2, 0.25) is 0 Å². The summed E-state index contributed by atoms with van der Waals surface area (Å²) in [6.07, 6.45) is 3.46. The molecule has 5 nitrogen and oxygen atoms in total. The van der Waals surface area contributed by atoms with Crippen molar-refractivity contribution in [3.63, 3.8) is 0 Å². The van der Waals surface area contributed by atoms with Gasteiger partial charge in [0.05, 0.1) is 17.9 Å². The van der Waals surface area contributed by atoms with Crippen LogP contribution in [0.4, 0.5) is 5.69 Å². The second-order valence-corrected chi connectivity index (χ2v) is 6.81. The van der Waals surface area contributed by atoms with Gasteiger partial charge in [0.1, 0.15) is 5.75 Å². The van der Waals surface area contributed by atoms with E-state index in [1.54, 1.807) is 29.8 Å². The first kappa shape index (κ1) is 17.2. The van der Waals surface area contributed by atoms with Gasteiger partial charge in [-0.2, -0.15) is 0 Å². The lowest BCUT2D eigenvalue weighted by atomic mass is 10.2. The molecule has 0 saturated carbocycles. The maximum absolute atomic E-state index is 6.06. The lowest BCUT2D eigenvalue weighted by Crippen LogP contribution is -2.17. The van der Waals surface area contributed by atoms with Crippen molar-refractivity contribution in [2.75, 3.05) is 11.9 Å². The van der Waals surface area contributed by atoms with E-state index >= 15 is 0 Å². The van der Waals surface area contributed by atoms with Crippen LogP contribution in [-0.2, 0) is 6.54 Å². The van der Waals surface area contributed by atoms with E-state index < -0.39 is 0 Å². The quantitative estimate of drug-likeness (QED) is 0.474. The topological polar surface area (TPSA) is 51.1 Å². The molecule has 134 valence electrons. The number of rotatable bonds is 6. The molecule has 0 fully saturated rings. The van der Waals surface area contributed by atoms with Gasteiger partial charge in [0, 0.05) is 24.8 Å². The molecule has 0 saturated heterocycles. The molecule has 0 amide bonds. The zero-order chi connectivity index (χ0) is 18.5. The van der Waals surface area contributed by atoms with Crippen LogP contribution in [0.2, 0.25) is 0 Å². The molecule has 0 unspecified atom stereocenters. The van der Waals surface area contributed by atoms with Gasteiger partial charge in [-0.1, -0.05) is 30.3 Å². The van der Waals surface area contributed by atoms with E-state index in [0.29, 0.717) is 12.4 Å². The van der Waals surface area contributed by atoms with Crippen molar-refractivity contribution in [2.24, 2.45) is 0 Å². The van der Waals surface area contributed by atoms with Crippen LogP contribution in [0.5, 0.6) is 11.5 Å². The summed E-state index contributed by atoms with van der Waals surface area (Å²) in [5, 5.41) is 2.87. The van der Waals surface area contributed by atoms with E-state index in [2.05, 4.69) is 19.9 Å². The van der Waals surface area contributed by atoms with Crippen molar-refractivity contribution in [2.45, 2.75) is 6.54 Å². The number of thiazole rings is 1. The summed E-state index contributed by atoms with van der Waals surface area (Å²) in [6, 6.07) is 19.6. The fraction of sp³-hybridized carbons (Fsp3) is 0.0952. The number of ether oxygens (including phenoxy) is 1. The average molecular weight is 374 g/mol. The first-order valence-corrected chi connectivity index (χ1v) is 9.42. The zero-order valence-electron chi connectivity index (χ0n) is 14.8. The van der Waals surface area contributed by atoms with E-state index in [-0.39, 0.29) is 0 Å². The first-order valence-electron chi connectivity index (χ1n) is 8.54. The highest BCUT2D eigenvalue weighted by Gasteiger charge is 2.13. The molecule has 0 atom stereocenters. The average Bonchev–Trinajstić information content (AvgIpc) is 3.18. The summed E-state index contributed by atoms with van der Waals surface area (Å²) in [5.41, 5.74) is 1.98. The molecule has 0 spiro atoms. The first-order chi connectivity index (χ1) is 13.3. The molecule has 0 aliphatic heterocycles. The molecule has 0 bridgehead atoms. The molecule has 2 heterocycles. The molecule has 0 aliphatic rings.